The Morgan fingerprint density at radius 3 is 2.78 bits per heavy atom. The van der Waals surface area contributed by atoms with E-state index in [0.717, 1.165) is 23.2 Å². The second-order valence-corrected chi connectivity index (χ2v) is 4.80. The molecule has 1 amide bonds. The van der Waals surface area contributed by atoms with Gasteiger partial charge in [0.2, 0.25) is 5.91 Å². The minimum atomic E-state index is -0.783. The first kappa shape index (κ1) is 12.6. The third kappa shape index (κ3) is 2.37. The fourth-order valence-electron chi connectivity index (χ4n) is 2.57. The van der Waals surface area contributed by atoms with Crippen LogP contribution in [0.3, 0.4) is 0 Å². The third-order valence-corrected chi connectivity index (χ3v) is 3.33. The van der Waals surface area contributed by atoms with Crippen molar-refractivity contribution < 1.29 is 14.7 Å². The molecule has 4 nitrogen and oxygen atoms in total. The maximum atomic E-state index is 11.6. The molecule has 1 atom stereocenters. The molecule has 1 heterocycles. The van der Waals surface area contributed by atoms with Gasteiger partial charge in [-0.3, -0.25) is 9.59 Å². The van der Waals surface area contributed by atoms with Crippen LogP contribution in [0.1, 0.15) is 31.4 Å². The maximum Gasteiger partial charge on any atom is 0.303 e. The van der Waals surface area contributed by atoms with Gasteiger partial charge in [-0.25, -0.2) is 0 Å². The number of hydrogen-bond donors (Lipinski definition) is 1. The van der Waals surface area contributed by atoms with E-state index in [1.54, 1.807) is 11.8 Å². The number of carboxylic acids is 1. The van der Waals surface area contributed by atoms with Gasteiger partial charge in [0.25, 0.3) is 0 Å². The lowest BCUT2D eigenvalue weighted by atomic mass is 10.0. The third-order valence-electron chi connectivity index (χ3n) is 3.33. The fourth-order valence-corrected chi connectivity index (χ4v) is 2.57. The monoisotopic (exact) mass is 247 g/mol. The second kappa shape index (κ2) is 4.80. The maximum absolute atomic E-state index is 11.6. The van der Waals surface area contributed by atoms with Crippen LogP contribution in [0, 0.1) is 0 Å². The summed E-state index contributed by atoms with van der Waals surface area (Å²) >= 11 is 0. The van der Waals surface area contributed by atoms with E-state index in [0.29, 0.717) is 6.42 Å². The van der Waals surface area contributed by atoms with Crippen molar-refractivity contribution >= 4 is 17.6 Å². The normalized spacial score (nSPS) is 17.7. The van der Waals surface area contributed by atoms with Crippen molar-refractivity contribution in [1.29, 1.82) is 0 Å². The lowest BCUT2D eigenvalue weighted by molar-refractivity contribution is -0.137. The molecule has 4 heteroatoms. The SMILES string of the molecule is CC(=O)N1c2ccc(CCC(=O)O)cc2CC1C. The van der Waals surface area contributed by atoms with Gasteiger partial charge in [0.1, 0.15) is 0 Å². The molecule has 1 unspecified atom stereocenters. The van der Waals surface area contributed by atoms with Gasteiger partial charge < -0.3 is 10.0 Å². The number of carbonyl (C=O) groups is 2. The van der Waals surface area contributed by atoms with E-state index in [9.17, 15) is 9.59 Å². The van der Waals surface area contributed by atoms with Crippen LogP contribution in [0.15, 0.2) is 18.2 Å². The number of hydrogen-bond acceptors (Lipinski definition) is 2. The molecule has 0 aromatic heterocycles. The first-order valence-electron chi connectivity index (χ1n) is 6.12. The van der Waals surface area contributed by atoms with Crippen molar-refractivity contribution in [2.24, 2.45) is 0 Å². The molecule has 0 radical (unpaired) electrons. The average molecular weight is 247 g/mol. The zero-order valence-corrected chi connectivity index (χ0v) is 10.6. The standard InChI is InChI=1S/C14H17NO3/c1-9-7-12-8-11(4-6-14(17)18)3-5-13(12)15(9)10(2)16/h3,5,8-9H,4,6-7H2,1-2H3,(H,17,18). The zero-order chi connectivity index (χ0) is 13.3. The summed E-state index contributed by atoms with van der Waals surface area (Å²) in [4.78, 5) is 23.9. The number of benzene rings is 1. The van der Waals surface area contributed by atoms with Crippen LogP contribution in [0.5, 0.6) is 0 Å². The number of fused-ring (bicyclic) bond motifs is 1. The zero-order valence-electron chi connectivity index (χ0n) is 10.6. The van der Waals surface area contributed by atoms with Gasteiger partial charge in [-0.05, 0) is 37.0 Å². The molecule has 1 aromatic carbocycles. The van der Waals surface area contributed by atoms with E-state index in [1.165, 1.54) is 0 Å². The first-order chi connectivity index (χ1) is 8.49. The summed E-state index contributed by atoms with van der Waals surface area (Å²) in [6.45, 7) is 3.60. The van der Waals surface area contributed by atoms with Crippen molar-refractivity contribution in [3.05, 3.63) is 29.3 Å². The van der Waals surface area contributed by atoms with E-state index in [-0.39, 0.29) is 18.4 Å². The number of amides is 1. The molecule has 96 valence electrons. The molecule has 0 aliphatic carbocycles. The number of carbonyl (C=O) groups excluding carboxylic acids is 1. The highest BCUT2D eigenvalue weighted by molar-refractivity contribution is 5.94. The number of carboxylic acid groups (broad SMARTS) is 1. The quantitative estimate of drug-likeness (QED) is 0.888. The van der Waals surface area contributed by atoms with E-state index in [2.05, 4.69) is 0 Å². The highest BCUT2D eigenvalue weighted by Gasteiger charge is 2.28. The molecule has 1 aromatic rings. The lowest BCUT2D eigenvalue weighted by Gasteiger charge is -2.20. The summed E-state index contributed by atoms with van der Waals surface area (Å²) in [5.41, 5.74) is 3.13. The van der Waals surface area contributed by atoms with Crippen LogP contribution in [0.25, 0.3) is 0 Å². The summed E-state index contributed by atoms with van der Waals surface area (Å²) in [5, 5.41) is 8.67. The van der Waals surface area contributed by atoms with E-state index >= 15 is 0 Å². The summed E-state index contributed by atoms with van der Waals surface area (Å²) in [6.07, 6.45) is 1.53. The molecular weight excluding hydrogens is 230 g/mol. The smallest absolute Gasteiger partial charge is 0.303 e. The highest BCUT2D eigenvalue weighted by atomic mass is 16.4. The summed E-state index contributed by atoms with van der Waals surface area (Å²) < 4.78 is 0. The molecule has 0 fully saturated rings. The van der Waals surface area contributed by atoms with Gasteiger partial charge in [0, 0.05) is 25.1 Å². The molecule has 0 spiro atoms. The Kier molecular flexibility index (Phi) is 3.36. The van der Waals surface area contributed by atoms with Crippen LogP contribution in [0.2, 0.25) is 0 Å². The van der Waals surface area contributed by atoms with Gasteiger partial charge in [-0.1, -0.05) is 12.1 Å². The summed E-state index contributed by atoms with van der Waals surface area (Å²) in [5.74, 6) is -0.728. The van der Waals surface area contributed by atoms with E-state index in [4.69, 9.17) is 5.11 Å². The molecule has 0 saturated heterocycles. The number of anilines is 1. The predicted molar refractivity (Wildman–Crippen MR) is 68.7 cm³/mol. The Morgan fingerprint density at radius 2 is 2.17 bits per heavy atom. The van der Waals surface area contributed by atoms with Crippen molar-refractivity contribution in [3.63, 3.8) is 0 Å². The molecule has 18 heavy (non-hydrogen) atoms. The molecular formula is C14H17NO3. The highest BCUT2D eigenvalue weighted by Crippen LogP contribution is 2.33. The fraction of sp³-hybridized carbons (Fsp3) is 0.429. The van der Waals surface area contributed by atoms with Crippen LogP contribution >= 0.6 is 0 Å². The van der Waals surface area contributed by atoms with Gasteiger partial charge in [0.15, 0.2) is 0 Å². The molecule has 0 saturated carbocycles. The van der Waals surface area contributed by atoms with Crippen molar-refractivity contribution in [2.45, 2.75) is 39.2 Å². The van der Waals surface area contributed by atoms with Crippen LogP contribution in [-0.2, 0) is 22.4 Å². The minimum Gasteiger partial charge on any atom is -0.481 e. The topological polar surface area (TPSA) is 57.6 Å². The van der Waals surface area contributed by atoms with E-state index in [1.807, 2.05) is 25.1 Å². The number of aryl methyl sites for hydroxylation is 1. The Hall–Kier alpha value is -1.84. The van der Waals surface area contributed by atoms with Crippen LogP contribution in [-0.4, -0.2) is 23.0 Å². The van der Waals surface area contributed by atoms with E-state index < -0.39 is 5.97 Å². The number of nitrogens with zero attached hydrogens (tertiary/aromatic N) is 1. The Labute approximate surface area is 106 Å². The van der Waals surface area contributed by atoms with Crippen LogP contribution < -0.4 is 4.90 Å². The molecule has 1 aliphatic heterocycles. The molecule has 0 bridgehead atoms. The van der Waals surface area contributed by atoms with Gasteiger partial charge in [-0.15, -0.1) is 0 Å². The van der Waals surface area contributed by atoms with Gasteiger partial charge in [0.05, 0.1) is 0 Å². The van der Waals surface area contributed by atoms with Gasteiger partial charge >= 0.3 is 5.97 Å². The number of rotatable bonds is 3. The molecule has 1 aliphatic rings. The number of aliphatic carboxylic acids is 1. The van der Waals surface area contributed by atoms with Crippen molar-refractivity contribution in [2.75, 3.05) is 4.90 Å². The van der Waals surface area contributed by atoms with Gasteiger partial charge in [-0.2, -0.15) is 0 Å². The lowest BCUT2D eigenvalue weighted by Crippen LogP contribution is -2.33. The molecule has 1 N–H and O–H groups in total. The first-order valence-corrected chi connectivity index (χ1v) is 6.12. The Bertz CT molecular complexity index is 496. The summed E-state index contributed by atoms with van der Waals surface area (Å²) in [6, 6.07) is 6.05. The second-order valence-electron chi connectivity index (χ2n) is 4.80. The Morgan fingerprint density at radius 1 is 1.44 bits per heavy atom. The Balaban J connectivity index is 2.22. The largest absolute Gasteiger partial charge is 0.481 e. The minimum absolute atomic E-state index is 0.0551. The summed E-state index contributed by atoms with van der Waals surface area (Å²) in [7, 11) is 0. The predicted octanol–water partition coefficient (Wildman–Crippen LogP) is 2.00. The average Bonchev–Trinajstić information content (AvgIpc) is 2.61. The van der Waals surface area contributed by atoms with Crippen LogP contribution in [0.4, 0.5) is 5.69 Å². The van der Waals surface area contributed by atoms with Crippen molar-refractivity contribution in [1.82, 2.24) is 0 Å². The molecule has 2 rings (SSSR count). The van der Waals surface area contributed by atoms with Crippen molar-refractivity contribution in [3.8, 4) is 0 Å².